The molecule has 0 bridgehead atoms. The minimum absolute atomic E-state index is 0.147. The van der Waals surface area contributed by atoms with Crippen LogP contribution in [-0.2, 0) is 12.8 Å². The Kier molecular flexibility index (Phi) is 3.32. The third-order valence-electron chi connectivity index (χ3n) is 3.52. The number of thiophene rings is 1. The quantitative estimate of drug-likeness (QED) is 0.791. The largest absolute Gasteiger partial charge is 0.365 e. The molecule has 22 heavy (non-hydrogen) atoms. The summed E-state index contributed by atoms with van der Waals surface area (Å²) >= 11 is 1.03. The lowest BCUT2D eigenvalue weighted by atomic mass is 9.88. The van der Waals surface area contributed by atoms with Crippen molar-refractivity contribution in [3.05, 3.63) is 40.5 Å². The van der Waals surface area contributed by atoms with Crippen LogP contribution in [0.4, 0.5) is 18.6 Å². The highest BCUT2D eigenvalue weighted by Gasteiger charge is 2.29. The van der Waals surface area contributed by atoms with Gasteiger partial charge >= 0.3 is 6.03 Å². The SMILES string of the molecule is NC(=O)Nc1sc2c(c1C(N)=O)CCc1c(F)cc(F)cc1-2. The van der Waals surface area contributed by atoms with Crippen molar-refractivity contribution in [3.63, 3.8) is 0 Å². The van der Waals surface area contributed by atoms with E-state index in [0.29, 0.717) is 34.4 Å². The van der Waals surface area contributed by atoms with E-state index >= 15 is 0 Å². The van der Waals surface area contributed by atoms with Crippen LogP contribution in [0.3, 0.4) is 0 Å². The predicted molar refractivity (Wildman–Crippen MR) is 78.8 cm³/mol. The molecular formula is C14H11F2N3O2S. The van der Waals surface area contributed by atoms with Crippen molar-refractivity contribution in [2.45, 2.75) is 12.8 Å². The molecule has 2 aromatic rings. The van der Waals surface area contributed by atoms with E-state index < -0.39 is 23.6 Å². The van der Waals surface area contributed by atoms with Gasteiger partial charge in [0.1, 0.15) is 16.6 Å². The zero-order chi connectivity index (χ0) is 16.0. The highest BCUT2D eigenvalue weighted by molar-refractivity contribution is 7.20. The number of nitrogens with two attached hydrogens (primary N) is 2. The number of carbonyl (C=O) groups excluding carboxylic acids is 2. The number of amides is 3. The van der Waals surface area contributed by atoms with Crippen molar-refractivity contribution in [1.82, 2.24) is 0 Å². The predicted octanol–water partition coefficient (Wildman–Crippen LogP) is 2.38. The average Bonchev–Trinajstić information content (AvgIpc) is 2.75. The van der Waals surface area contributed by atoms with Crippen LogP contribution < -0.4 is 16.8 Å². The smallest absolute Gasteiger partial charge is 0.317 e. The summed E-state index contributed by atoms with van der Waals surface area (Å²) in [6, 6.07) is 1.20. The van der Waals surface area contributed by atoms with Gasteiger partial charge in [-0.3, -0.25) is 10.1 Å². The molecule has 5 N–H and O–H groups in total. The van der Waals surface area contributed by atoms with E-state index in [-0.39, 0.29) is 10.6 Å². The summed E-state index contributed by atoms with van der Waals surface area (Å²) in [6.07, 6.45) is 0.696. The van der Waals surface area contributed by atoms with Crippen molar-refractivity contribution in [2.24, 2.45) is 11.5 Å². The molecule has 1 heterocycles. The van der Waals surface area contributed by atoms with E-state index in [4.69, 9.17) is 11.5 Å². The first kappa shape index (κ1) is 14.5. The molecule has 1 aromatic heterocycles. The van der Waals surface area contributed by atoms with E-state index in [1.807, 2.05) is 0 Å². The Morgan fingerprint density at radius 2 is 1.82 bits per heavy atom. The highest BCUT2D eigenvalue weighted by Crippen LogP contribution is 2.45. The van der Waals surface area contributed by atoms with Gasteiger partial charge in [-0.15, -0.1) is 11.3 Å². The number of hydrogen-bond acceptors (Lipinski definition) is 3. The van der Waals surface area contributed by atoms with Crippen LogP contribution in [0.15, 0.2) is 12.1 Å². The van der Waals surface area contributed by atoms with Crippen LogP contribution >= 0.6 is 11.3 Å². The van der Waals surface area contributed by atoms with Gasteiger partial charge in [-0.1, -0.05) is 0 Å². The van der Waals surface area contributed by atoms with Gasteiger partial charge in [-0.25, -0.2) is 13.6 Å². The summed E-state index contributed by atoms with van der Waals surface area (Å²) in [5, 5.41) is 2.54. The minimum Gasteiger partial charge on any atom is -0.365 e. The van der Waals surface area contributed by atoms with Gasteiger partial charge in [0.2, 0.25) is 0 Å². The van der Waals surface area contributed by atoms with Crippen LogP contribution in [0.5, 0.6) is 0 Å². The number of primary amides is 2. The Bertz CT molecular complexity index is 817. The third kappa shape index (κ3) is 2.21. The van der Waals surface area contributed by atoms with Gasteiger partial charge in [0.05, 0.1) is 5.56 Å². The number of nitrogens with one attached hydrogen (secondary N) is 1. The number of hydrogen-bond donors (Lipinski definition) is 3. The van der Waals surface area contributed by atoms with Crippen LogP contribution in [0.2, 0.25) is 0 Å². The second-order valence-electron chi connectivity index (χ2n) is 4.88. The van der Waals surface area contributed by atoms with Crippen LogP contribution in [0.1, 0.15) is 21.5 Å². The first-order chi connectivity index (χ1) is 10.4. The molecule has 3 amide bonds. The zero-order valence-corrected chi connectivity index (χ0v) is 12.0. The maximum absolute atomic E-state index is 13.9. The number of urea groups is 1. The number of rotatable bonds is 2. The lowest BCUT2D eigenvalue weighted by Gasteiger charge is -2.17. The topological polar surface area (TPSA) is 98.2 Å². The van der Waals surface area contributed by atoms with Gasteiger partial charge < -0.3 is 11.5 Å². The molecule has 0 saturated carbocycles. The number of fused-ring (bicyclic) bond motifs is 3. The van der Waals surface area contributed by atoms with E-state index in [1.165, 1.54) is 6.07 Å². The minimum atomic E-state index is -0.841. The second kappa shape index (κ2) is 5.06. The lowest BCUT2D eigenvalue weighted by Crippen LogP contribution is -2.22. The standard InChI is InChI=1S/C14H11F2N3O2S/c15-5-3-8-6(9(16)4-5)1-2-7-10(12(17)20)13(19-14(18)21)22-11(7)8/h3-4H,1-2H2,(H2,17,20)(H3,18,19,21). The van der Waals surface area contributed by atoms with Crippen LogP contribution in [-0.4, -0.2) is 11.9 Å². The molecule has 0 atom stereocenters. The fourth-order valence-corrected chi connectivity index (χ4v) is 3.99. The van der Waals surface area contributed by atoms with Crippen LogP contribution in [0.25, 0.3) is 10.4 Å². The second-order valence-corrected chi connectivity index (χ2v) is 5.90. The summed E-state index contributed by atoms with van der Waals surface area (Å²) < 4.78 is 27.4. The Morgan fingerprint density at radius 1 is 1.14 bits per heavy atom. The molecular weight excluding hydrogens is 312 g/mol. The first-order valence-corrected chi connectivity index (χ1v) is 7.20. The van der Waals surface area contributed by atoms with Crippen molar-refractivity contribution in [1.29, 1.82) is 0 Å². The molecule has 0 unspecified atom stereocenters. The maximum atomic E-state index is 13.9. The van der Waals surface area contributed by atoms with Crippen molar-refractivity contribution >= 4 is 28.3 Å². The summed E-state index contributed by atoms with van der Waals surface area (Å²) in [4.78, 5) is 23.3. The average molecular weight is 323 g/mol. The molecule has 8 heteroatoms. The normalized spacial score (nSPS) is 12.5. The Morgan fingerprint density at radius 3 is 2.45 bits per heavy atom. The van der Waals surface area contributed by atoms with E-state index in [2.05, 4.69) is 5.32 Å². The number of anilines is 1. The summed E-state index contributed by atoms with van der Waals surface area (Å²) in [6.45, 7) is 0. The molecule has 1 aromatic carbocycles. The summed E-state index contributed by atoms with van der Waals surface area (Å²) in [7, 11) is 0. The number of carbonyl (C=O) groups is 2. The molecule has 0 saturated heterocycles. The summed E-state index contributed by atoms with van der Waals surface area (Å²) in [5.74, 6) is -2.05. The molecule has 5 nitrogen and oxygen atoms in total. The van der Waals surface area contributed by atoms with Crippen molar-refractivity contribution in [3.8, 4) is 10.4 Å². The molecule has 0 radical (unpaired) electrons. The van der Waals surface area contributed by atoms with Gasteiger partial charge in [0, 0.05) is 16.5 Å². The maximum Gasteiger partial charge on any atom is 0.317 e. The lowest BCUT2D eigenvalue weighted by molar-refractivity contribution is 0.100. The molecule has 3 rings (SSSR count). The van der Waals surface area contributed by atoms with Crippen molar-refractivity contribution < 1.29 is 18.4 Å². The monoisotopic (exact) mass is 323 g/mol. The number of benzene rings is 1. The van der Waals surface area contributed by atoms with Gasteiger partial charge in [-0.05, 0) is 30.0 Å². The Hall–Kier alpha value is -2.48. The van der Waals surface area contributed by atoms with E-state index in [9.17, 15) is 18.4 Å². The molecule has 0 fully saturated rings. The molecule has 0 aliphatic heterocycles. The zero-order valence-electron chi connectivity index (χ0n) is 11.2. The fraction of sp³-hybridized carbons (Fsp3) is 0.143. The molecule has 1 aliphatic rings. The fourth-order valence-electron chi connectivity index (χ4n) is 2.69. The Labute approximate surface area is 127 Å². The van der Waals surface area contributed by atoms with Gasteiger partial charge in [0.25, 0.3) is 5.91 Å². The first-order valence-electron chi connectivity index (χ1n) is 6.38. The van der Waals surface area contributed by atoms with E-state index in [0.717, 1.165) is 17.4 Å². The number of halogens is 2. The molecule has 1 aliphatic carbocycles. The molecule has 114 valence electrons. The highest BCUT2D eigenvalue weighted by atomic mass is 32.1. The van der Waals surface area contributed by atoms with Crippen molar-refractivity contribution in [2.75, 3.05) is 5.32 Å². The third-order valence-corrected chi connectivity index (χ3v) is 4.70. The van der Waals surface area contributed by atoms with Crippen LogP contribution in [0, 0.1) is 11.6 Å². The van der Waals surface area contributed by atoms with Gasteiger partial charge in [0.15, 0.2) is 0 Å². The van der Waals surface area contributed by atoms with E-state index in [1.54, 1.807) is 0 Å². The van der Waals surface area contributed by atoms with Gasteiger partial charge in [-0.2, -0.15) is 0 Å². The summed E-state index contributed by atoms with van der Waals surface area (Å²) in [5.41, 5.74) is 11.9. The molecule has 0 spiro atoms. The Balaban J connectivity index is 2.26.